The molecule has 0 saturated heterocycles. The third-order valence-corrected chi connectivity index (χ3v) is 4.15. The number of aliphatic hydroxyl groups is 1. The maximum Gasteiger partial charge on any atom is 0.309 e. The van der Waals surface area contributed by atoms with Gasteiger partial charge in [-0.1, -0.05) is 71.1 Å². The van der Waals surface area contributed by atoms with E-state index >= 15 is 0 Å². The van der Waals surface area contributed by atoms with Crippen molar-refractivity contribution >= 4 is 5.97 Å². The molecule has 1 N–H and O–H groups in total. The van der Waals surface area contributed by atoms with E-state index in [1.165, 1.54) is 57.8 Å². The Bertz CT molecular complexity index is 251. The summed E-state index contributed by atoms with van der Waals surface area (Å²) >= 11 is 0. The average molecular weight is 315 g/mol. The van der Waals surface area contributed by atoms with Crippen molar-refractivity contribution < 1.29 is 14.6 Å². The molecule has 0 amide bonds. The molecule has 132 valence electrons. The topological polar surface area (TPSA) is 46.5 Å². The van der Waals surface area contributed by atoms with Crippen LogP contribution in [0.5, 0.6) is 0 Å². The fourth-order valence-electron chi connectivity index (χ4n) is 2.88. The zero-order valence-electron chi connectivity index (χ0n) is 15.1. The Labute approximate surface area is 137 Å². The Kier molecular flexibility index (Phi) is 14.9. The van der Waals surface area contributed by atoms with Crippen LogP contribution in [0.2, 0.25) is 0 Å². The van der Waals surface area contributed by atoms with Crippen molar-refractivity contribution in [2.75, 3.05) is 6.61 Å². The maximum absolute atomic E-state index is 11.8. The smallest absolute Gasteiger partial charge is 0.309 e. The molecule has 0 radical (unpaired) electrons. The van der Waals surface area contributed by atoms with Gasteiger partial charge in [0.1, 0.15) is 0 Å². The number of ether oxygens (including phenoxy) is 1. The Morgan fingerprint density at radius 3 is 1.86 bits per heavy atom. The lowest BCUT2D eigenvalue weighted by Gasteiger charge is -2.16. The summed E-state index contributed by atoms with van der Waals surface area (Å²) in [4.78, 5) is 11.8. The average Bonchev–Trinajstić information content (AvgIpc) is 2.47. The molecule has 22 heavy (non-hydrogen) atoms. The van der Waals surface area contributed by atoms with Crippen LogP contribution in [0.15, 0.2) is 0 Å². The molecule has 0 aromatic carbocycles. The first kappa shape index (κ1) is 21.4. The van der Waals surface area contributed by atoms with Crippen LogP contribution < -0.4 is 0 Å². The van der Waals surface area contributed by atoms with Crippen LogP contribution in [0, 0.1) is 5.92 Å². The molecule has 0 heterocycles. The molecule has 2 atom stereocenters. The van der Waals surface area contributed by atoms with Gasteiger partial charge in [0, 0.05) is 0 Å². The molecule has 0 aromatic rings. The molecule has 0 saturated carbocycles. The summed E-state index contributed by atoms with van der Waals surface area (Å²) in [6.07, 6.45) is 13.9. The Morgan fingerprint density at radius 1 is 0.909 bits per heavy atom. The third-order valence-electron chi connectivity index (χ3n) is 4.15. The Hall–Kier alpha value is -0.570. The molecule has 0 bridgehead atoms. The van der Waals surface area contributed by atoms with E-state index in [-0.39, 0.29) is 11.9 Å². The summed E-state index contributed by atoms with van der Waals surface area (Å²) in [7, 11) is 0. The van der Waals surface area contributed by atoms with Crippen LogP contribution in [0.3, 0.4) is 0 Å². The Balaban J connectivity index is 3.61. The number of hydrogen-bond acceptors (Lipinski definition) is 3. The van der Waals surface area contributed by atoms with Crippen molar-refractivity contribution in [2.24, 2.45) is 5.92 Å². The fourth-order valence-corrected chi connectivity index (χ4v) is 2.88. The van der Waals surface area contributed by atoms with E-state index in [4.69, 9.17) is 4.74 Å². The minimum absolute atomic E-state index is 0.131. The molecule has 0 rings (SSSR count). The molecule has 0 aliphatic rings. The second-order valence-electron chi connectivity index (χ2n) is 6.50. The van der Waals surface area contributed by atoms with Gasteiger partial charge in [0.05, 0.1) is 18.6 Å². The highest BCUT2D eigenvalue weighted by Gasteiger charge is 2.21. The molecule has 2 unspecified atom stereocenters. The molecule has 0 fully saturated rings. The molecular weight excluding hydrogens is 276 g/mol. The monoisotopic (exact) mass is 314 g/mol. The maximum atomic E-state index is 11.8. The number of carbonyl (C=O) groups is 1. The van der Waals surface area contributed by atoms with E-state index in [1.54, 1.807) is 6.92 Å². The molecule has 3 nitrogen and oxygen atoms in total. The number of aliphatic hydroxyl groups excluding tert-OH is 1. The van der Waals surface area contributed by atoms with E-state index in [9.17, 15) is 9.90 Å². The van der Waals surface area contributed by atoms with Gasteiger partial charge in [-0.15, -0.1) is 0 Å². The van der Waals surface area contributed by atoms with Gasteiger partial charge in [0.25, 0.3) is 0 Å². The van der Waals surface area contributed by atoms with Crippen molar-refractivity contribution in [1.29, 1.82) is 0 Å². The van der Waals surface area contributed by atoms with E-state index in [0.717, 1.165) is 12.8 Å². The predicted octanol–water partition coefficient (Wildman–Crippen LogP) is 5.25. The predicted molar refractivity (Wildman–Crippen MR) is 92.9 cm³/mol. The molecule has 3 heteroatoms. The highest BCUT2D eigenvalue weighted by atomic mass is 16.5. The lowest BCUT2D eigenvalue weighted by molar-refractivity contribution is -0.149. The Morgan fingerprint density at radius 2 is 1.41 bits per heavy atom. The summed E-state index contributed by atoms with van der Waals surface area (Å²) in [6.45, 7) is 6.25. The number of unbranched alkanes of at least 4 members (excludes halogenated alkanes) is 9. The SMILES string of the molecule is CCCCCCCCCCCCC(CC(C)O)C(=O)OCC. The summed E-state index contributed by atoms with van der Waals surface area (Å²) in [5.74, 6) is -0.270. The van der Waals surface area contributed by atoms with Gasteiger partial charge >= 0.3 is 5.97 Å². The van der Waals surface area contributed by atoms with Gasteiger partial charge in [-0.3, -0.25) is 4.79 Å². The van der Waals surface area contributed by atoms with Crippen LogP contribution in [0.1, 0.15) is 97.8 Å². The minimum atomic E-state index is -0.433. The van der Waals surface area contributed by atoms with Gasteiger partial charge in [-0.2, -0.15) is 0 Å². The molecule has 0 spiro atoms. The summed E-state index contributed by atoms with van der Waals surface area (Å²) in [5, 5.41) is 9.49. The van der Waals surface area contributed by atoms with Crippen LogP contribution in [-0.4, -0.2) is 23.8 Å². The fraction of sp³-hybridized carbons (Fsp3) is 0.947. The van der Waals surface area contributed by atoms with Crippen molar-refractivity contribution in [3.63, 3.8) is 0 Å². The van der Waals surface area contributed by atoms with Crippen LogP contribution in [-0.2, 0) is 9.53 Å². The molecule has 0 aliphatic carbocycles. The van der Waals surface area contributed by atoms with Crippen molar-refractivity contribution in [3.05, 3.63) is 0 Å². The lowest BCUT2D eigenvalue weighted by Crippen LogP contribution is -2.22. The van der Waals surface area contributed by atoms with Gasteiger partial charge in [-0.25, -0.2) is 0 Å². The van der Waals surface area contributed by atoms with E-state index in [0.29, 0.717) is 13.0 Å². The van der Waals surface area contributed by atoms with Crippen LogP contribution >= 0.6 is 0 Å². The zero-order chi connectivity index (χ0) is 16.6. The van der Waals surface area contributed by atoms with E-state index in [2.05, 4.69) is 6.92 Å². The van der Waals surface area contributed by atoms with Gasteiger partial charge in [0.15, 0.2) is 0 Å². The van der Waals surface area contributed by atoms with Crippen LogP contribution in [0.25, 0.3) is 0 Å². The first-order valence-corrected chi connectivity index (χ1v) is 9.46. The van der Waals surface area contributed by atoms with E-state index in [1.807, 2.05) is 6.92 Å². The summed E-state index contributed by atoms with van der Waals surface area (Å²) < 4.78 is 5.10. The quantitative estimate of drug-likeness (QED) is 0.332. The standard InChI is InChI=1S/C19H38O3/c1-4-6-7-8-9-10-11-12-13-14-15-18(16-17(3)20)19(21)22-5-2/h17-18,20H,4-16H2,1-3H3. The highest BCUT2D eigenvalue weighted by molar-refractivity contribution is 5.72. The normalized spacial score (nSPS) is 13.8. The molecular formula is C19H38O3. The highest BCUT2D eigenvalue weighted by Crippen LogP contribution is 2.19. The minimum Gasteiger partial charge on any atom is -0.466 e. The van der Waals surface area contributed by atoms with Gasteiger partial charge in [-0.05, 0) is 26.7 Å². The van der Waals surface area contributed by atoms with Crippen LogP contribution in [0.4, 0.5) is 0 Å². The third kappa shape index (κ3) is 13.1. The summed E-state index contributed by atoms with van der Waals surface area (Å²) in [5.41, 5.74) is 0. The first-order valence-electron chi connectivity index (χ1n) is 9.46. The number of carbonyl (C=O) groups excluding carboxylic acids is 1. The van der Waals surface area contributed by atoms with Gasteiger partial charge < -0.3 is 9.84 Å². The largest absolute Gasteiger partial charge is 0.466 e. The molecule has 0 aliphatic heterocycles. The van der Waals surface area contributed by atoms with Crippen molar-refractivity contribution in [1.82, 2.24) is 0 Å². The first-order chi connectivity index (χ1) is 10.6. The zero-order valence-corrected chi connectivity index (χ0v) is 15.1. The van der Waals surface area contributed by atoms with Crippen molar-refractivity contribution in [2.45, 2.75) is 104 Å². The van der Waals surface area contributed by atoms with Gasteiger partial charge in [0.2, 0.25) is 0 Å². The second kappa shape index (κ2) is 15.3. The summed E-state index contributed by atoms with van der Waals surface area (Å²) in [6, 6.07) is 0. The lowest BCUT2D eigenvalue weighted by atomic mass is 9.95. The molecule has 0 aromatic heterocycles. The van der Waals surface area contributed by atoms with Crippen molar-refractivity contribution in [3.8, 4) is 0 Å². The second-order valence-corrected chi connectivity index (χ2v) is 6.50. The number of rotatable bonds is 15. The van der Waals surface area contributed by atoms with E-state index < -0.39 is 6.10 Å². The number of esters is 1. The number of hydrogen-bond donors (Lipinski definition) is 1.